The van der Waals surface area contributed by atoms with E-state index in [2.05, 4.69) is 20.5 Å². The number of aromatic amines is 1. The van der Waals surface area contributed by atoms with Crippen molar-refractivity contribution in [2.24, 2.45) is 0 Å². The number of rotatable bonds is 5. The lowest BCUT2D eigenvalue weighted by Crippen LogP contribution is -2.15. The summed E-state index contributed by atoms with van der Waals surface area (Å²) in [5.74, 6) is -0.699. The van der Waals surface area contributed by atoms with Crippen molar-refractivity contribution in [3.8, 4) is 0 Å². The highest BCUT2D eigenvalue weighted by molar-refractivity contribution is 6.02. The summed E-state index contributed by atoms with van der Waals surface area (Å²) in [6.07, 6.45) is 1.64. The summed E-state index contributed by atoms with van der Waals surface area (Å²) >= 11 is 0. The Morgan fingerprint density at radius 1 is 1.38 bits per heavy atom. The Kier molecular flexibility index (Phi) is 4.32. The number of amides is 1. The molecule has 2 rings (SSSR count). The Labute approximate surface area is 121 Å². The van der Waals surface area contributed by atoms with E-state index >= 15 is 0 Å². The molecule has 1 amide bonds. The molecule has 0 fully saturated rings. The largest absolute Gasteiger partial charge is 0.478 e. The lowest BCUT2D eigenvalue weighted by atomic mass is 10.1. The second kappa shape index (κ2) is 6.17. The minimum absolute atomic E-state index is 0.0696. The first kappa shape index (κ1) is 14.7. The van der Waals surface area contributed by atoms with Crippen molar-refractivity contribution in [3.63, 3.8) is 0 Å². The maximum Gasteiger partial charge on any atom is 0.335 e. The van der Waals surface area contributed by atoms with Crippen molar-refractivity contribution in [3.05, 3.63) is 41.0 Å². The van der Waals surface area contributed by atoms with E-state index in [9.17, 15) is 9.59 Å². The van der Waals surface area contributed by atoms with Gasteiger partial charge in [-0.25, -0.2) is 9.78 Å². The summed E-state index contributed by atoms with van der Waals surface area (Å²) in [6, 6.07) is 4.49. The molecule has 1 heterocycles. The van der Waals surface area contributed by atoms with Crippen molar-refractivity contribution >= 4 is 17.6 Å². The van der Waals surface area contributed by atoms with E-state index in [1.54, 1.807) is 13.0 Å². The number of aromatic carboxylic acids is 1. The van der Waals surface area contributed by atoms with Gasteiger partial charge in [0.05, 0.1) is 5.56 Å². The number of benzene rings is 1. The quantitative estimate of drug-likeness (QED) is 0.780. The van der Waals surface area contributed by atoms with Gasteiger partial charge in [-0.15, -0.1) is 5.10 Å². The van der Waals surface area contributed by atoms with Crippen LogP contribution in [-0.4, -0.2) is 32.2 Å². The summed E-state index contributed by atoms with van der Waals surface area (Å²) in [5, 5.41) is 18.1. The molecule has 0 spiro atoms. The van der Waals surface area contributed by atoms with Gasteiger partial charge in [0.2, 0.25) is 5.82 Å². The maximum absolute atomic E-state index is 12.0. The molecular formula is C14H16N4O3. The zero-order chi connectivity index (χ0) is 15.4. The molecule has 1 aromatic heterocycles. The van der Waals surface area contributed by atoms with E-state index in [4.69, 9.17) is 5.11 Å². The van der Waals surface area contributed by atoms with Crippen LogP contribution in [0.3, 0.4) is 0 Å². The molecule has 110 valence electrons. The Morgan fingerprint density at radius 3 is 2.76 bits per heavy atom. The topological polar surface area (TPSA) is 108 Å². The summed E-state index contributed by atoms with van der Waals surface area (Å²) in [7, 11) is 0. The fourth-order valence-electron chi connectivity index (χ4n) is 1.86. The van der Waals surface area contributed by atoms with E-state index < -0.39 is 11.9 Å². The Bertz CT molecular complexity index is 679. The second-order valence-electron chi connectivity index (χ2n) is 4.64. The molecule has 0 saturated carbocycles. The van der Waals surface area contributed by atoms with Gasteiger partial charge in [0.1, 0.15) is 5.82 Å². The highest BCUT2D eigenvalue weighted by Gasteiger charge is 2.14. The predicted octanol–water partition coefficient (Wildman–Crippen LogP) is 2.02. The molecule has 2 aromatic rings. The molecule has 0 radical (unpaired) electrons. The van der Waals surface area contributed by atoms with Crippen molar-refractivity contribution in [2.45, 2.75) is 26.7 Å². The van der Waals surface area contributed by atoms with Gasteiger partial charge in [-0.3, -0.25) is 9.89 Å². The number of H-pyrrole nitrogens is 1. The summed E-state index contributed by atoms with van der Waals surface area (Å²) in [4.78, 5) is 27.0. The average Bonchev–Trinajstić information content (AvgIpc) is 2.90. The Hall–Kier alpha value is -2.70. The van der Waals surface area contributed by atoms with E-state index in [0.717, 1.165) is 12.8 Å². The van der Waals surface area contributed by atoms with Crippen LogP contribution in [-0.2, 0) is 6.42 Å². The third kappa shape index (κ3) is 3.44. The zero-order valence-electron chi connectivity index (χ0n) is 11.8. The van der Waals surface area contributed by atoms with Crippen molar-refractivity contribution in [2.75, 3.05) is 5.32 Å². The first-order chi connectivity index (χ1) is 10.0. The number of aryl methyl sites for hydroxylation is 2. The van der Waals surface area contributed by atoms with Crippen molar-refractivity contribution < 1.29 is 14.7 Å². The van der Waals surface area contributed by atoms with Crippen LogP contribution in [0, 0.1) is 6.92 Å². The molecule has 0 unspecified atom stereocenters. The number of hydrogen-bond acceptors (Lipinski definition) is 4. The maximum atomic E-state index is 12.0. The number of aromatic nitrogens is 3. The molecule has 0 aliphatic carbocycles. The Morgan fingerprint density at radius 2 is 2.14 bits per heavy atom. The van der Waals surface area contributed by atoms with Crippen LogP contribution in [0.15, 0.2) is 18.2 Å². The van der Waals surface area contributed by atoms with Gasteiger partial charge < -0.3 is 10.4 Å². The number of hydrogen-bond donors (Lipinski definition) is 3. The summed E-state index contributed by atoms with van der Waals surface area (Å²) < 4.78 is 0. The van der Waals surface area contributed by atoms with Crippen LogP contribution in [0.1, 0.15) is 45.7 Å². The predicted molar refractivity (Wildman–Crippen MR) is 76.5 cm³/mol. The second-order valence-corrected chi connectivity index (χ2v) is 4.64. The van der Waals surface area contributed by atoms with Gasteiger partial charge in [-0.1, -0.05) is 6.92 Å². The standard InChI is InChI=1S/C14H16N4O3/c1-3-4-11-16-12(18-17-11)13(19)15-10-6-5-9(14(20)21)7-8(10)2/h5-7H,3-4H2,1-2H3,(H,15,19)(H,20,21)(H,16,17,18). The van der Waals surface area contributed by atoms with E-state index in [1.807, 2.05) is 6.92 Å². The smallest absolute Gasteiger partial charge is 0.335 e. The minimum atomic E-state index is -1.01. The molecule has 0 aliphatic heterocycles. The highest BCUT2D eigenvalue weighted by Crippen LogP contribution is 2.17. The van der Waals surface area contributed by atoms with Crippen LogP contribution in [0.2, 0.25) is 0 Å². The molecule has 21 heavy (non-hydrogen) atoms. The molecule has 0 atom stereocenters. The molecule has 7 heteroatoms. The Balaban J connectivity index is 2.13. The van der Waals surface area contributed by atoms with E-state index in [0.29, 0.717) is 17.1 Å². The molecule has 1 aromatic carbocycles. The van der Waals surface area contributed by atoms with Gasteiger partial charge in [0, 0.05) is 12.1 Å². The van der Waals surface area contributed by atoms with Crippen LogP contribution < -0.4 is 5.32 Å². The first-order valence-corrected chi connectivity index (χ1v) is 6.57. The number of carboxylic acid groups (broad SMARTS) is 1. The fraction of sp³-hybridized carbons (Fsp3) is 0.286. The molecule has 7 nitrogen and oxygen atoms in total. The van der Waals surface area contributed by atoms with Crippen molar-refractivity contribution in [1.29, 1.82) is 0 Å². The third-order valence-electron chi connectivity index (χ3n) is 2.94. The molecule has 0 aliphatic rings. The molecule has 3 N–H and O–H groups in total. The van der Waals surface area contributed by atoms with Gasteiger partial charge in [-0.2, -0.15) is 0 Å². The lowest BCUT2D eigenvalue weighted by Gasteiger charge is -2.07. The van der Waals surface area contributed by atoms with Crippen LogP contribution in [0.5, 0.6) is 0 Å². The number of nitrogens with one attached hydrogen (secondary N) is 2. The van der Waals surface area contributed by atoms with Gasteiger partial charge in [0.25, 0.3) is 5.91 Å². The lowest BCUT2D eigenvalue weighted by molar-refractivity contribution is 0.0696. The average molecular weight is 288 g/mol. The summed E-state index contributed by atoms with van der Waals surface area (Å²) in [6.45, 7) is 3.73. The zero-order valence-corrected chi connectivity index (χ0v) is 11.8. The van der Waals surface area contributed by atoms with Crippen LogP contribution >= 0.6 is 0 Å². The molecule has 0 bridgehead atoms. The number of carbonyl (C=O) groups excluding carboxylic acids is 1. The number of carbonyl (C=O) groups is 2. The van der Waals surface area contributed by atoms with Gasteiger partial charge in [0.15, 0.2) is 0 Å². The molecule has 0 saturated heterocycles. The fourth-order valence-corrected chi connectivity index (χ4v) is 1.86. The summed E-state index contributed by atoms with van der Waals surface area (Å²) in [5.41, 5.74) is 1.37. The first-order valence-electron chi connectivity index (χ1n) is 6.57. The monoisotopic (exact) mass is 288 g/mol. The number of anilines is 1. The van der Waals surface area contributed by atoms with E-state index in [-0.39, 0.29) is 11.4 Å². The SMILES string of the molecule is CCCc1nc(C(=O)Nc2ccc(C(=O)O)cc2C)n[nH]1. The number of nitrogens with zero attached hydrogens (tertiary/aromatic N) is 2. The normalized spacial score (nSPS) is 10.4. The van der Waals surface area contributed by atoms with Crippen LogP contribution in [0.4, 0.5) is 5.69 Å². The highest BCUT2D eigenvalue weighted by atomic mass is 16.4. The van der Waals surface area contributed by atoms with Gasteiger partial charge >= 0.3 is 5.97 Å². The van der Waals surface area contributed by atoms with Crippen molar-refractivity contribution in [1.82, 2.24) is 15.2 Å². The van der Waals surface area contributed by atoms with Crippen LogP contribution in [0.25, 0.3) is 0 Å². The van der Waals surface area contributed by atoms with E-state index in [1.165, 1.54) is 12.1 Å². The minimum Gasteiger partial charge on any atom is -0.478 e. The number of carboxylic acids is 1. The third-order valence-corrected chi connectivity index (χ3v) is 2.94. The van der Waals surface area contributed by atoms with Gasteiger partial charge in [-0.05, 0) is 37.1 Å². The molecular weight excluding hydrogens is 272 g/mol.